The fourth-order valence-electron chi connectivity index (χ4n) is 1.70. The number of methoxy groups -OCH3 is 2. The zero-order valence-electron chi connectivity index (χ0n) is 10.4. The largest absolute Gasteiger partial charge is 0.480 e. The molecule has 0 N–H and O–H groups in total. The SMILES string of the molecule is COc1cc(C(=O)N2CCOCC2)c(OC)nn1. The molecule has 1 aromatic heterocycles. The summed E-state index contributed by atoms with van der Waals surface area (Å²) in [5.41, 5.74) is 0.353. The number of amides is 1. The maximum absolute atomic E-state index is 12.3. The molecule has 2 rings (SSSR count). The molecule has 1 saturated heterocycles. The van der Waals surface area contributed by atoms with Crippen molar-refractivity contribution in [2.75, 3.05) is 40.5 Å². The summed E-state index contributed by atoms with van der Waals surface area (Å²) in [6.45, 7) is 2.21. The maximum atomic E-state index is 12.3. The lowest BCUT2D eigenvalue weighted by molar-refractivity contribution is 0.0300. The van der Waals surface area contributed by atoms with Crippen LogP contribution in [0, 0.1) is 0 Å². The zero-order valence-corrected chi connectivity index (χ0v) is 10.4. The van der Waals surface area contributed by atoms with Gasteiger partial charge in [-0.25, -0.2) is 0 Å². The molecule has 1 aliphatic rings. The highest BCUT2D eigenvalue weighted by Gasteiger charge is 2.23. The fourth-order valence-corrected chi connectivity index (χ4v) is 1.70. The van der Waals surface area contributed by atoms with Crippen molar-refractivity contribution in [1.82, 2.24) is 15.1 Å². The van der Waals surface area contributed by atoms with E-state index < -0.39 is 0 Å². The molecular weight excluding hydrogens is 238 g/mol. The van der Waals surface area contributed by atoms with E-state index in [2.05, 4.69) is 10.2 Å². The zero-order chi connectivity index (χ0) is 13.0. The standard InChI is InChI=1S/C11H15N3O4/c1-16-9-7-8(10(17-2)13-12-9)11(15)14-3-5-18-6-4-14/h7H,3-6H2,1-2H3. The van der Waals surface area contributed by atoms with Crippen LogP contribution in [0.15, 0.2) is 6.07 Å². The Morgan fingerprint density at radius 3 is 2.61 bits per heavy atom. The van der Waals surface area contributed by atoms with Crippen LogP contribution in [0.4, 0.5) is 0 Å². The minimum Gasteiger partial charge on any atom is -0.480 e. The van der Waals surface area contributed by atoms with E-state index in [0.29, 0.717) is 31.9 Å². The van der Waals surface area contributed by atoms with Crippen LogP contribution in [0.3, 0.4) is 0 Å². The minimum atomic E-state index is -0.150. The first-order chi connectivity index (χ1) is 8.76. The van der Waals surface area contributed by atoms with Crippen molar-refractivity contribution in [3.8, 4) is 11.8 Å². The van der Waals surface area contributed by atoms with Crippen molar-refractivity contribution in [2.45, 2.75) is 0 Å². The van der Waals surface area contributed by atoms with Gasteiger partial charge in [-0.1, -0.05) is 0 Å². The lowest BCUT2D eigenvalue weighted by atomic mass is 10.2. The Bertz CT molecular complexity index is 432. The number of carbonyl (C=O) groups excluding carboxylic acids is 1. The van der Waals surface area contributed by atoms with Crippen LogP contribution in [0.25, 0.3) is 0 Å². The smallest absolute Gasteiger partial charge is 0.259 e. The molecule has 2 heterocycles. The van der Waals surface area contributed by atoms with Gasteiger partial charge in [0.05, 0.1) is 27.4 Å². The van der Waals surface area contributed by atoms with Gasteiger partial charge in [0.1, 0.15) is 5.56 Å². The second-order valence-electron chi connectivity index (χ2n) is 3.71. The van der Waals surface area contributed by atoms with E-state index in [9.17, 15) is 4.79 Å². The summed E-state index contributed by atoms with van der Waals surface area (Å²) >= 11 is 0. The highest BCUT2D eigenvalue weighted by atomic mass is 16.5. The van der Waals surface area contributed by atoms with E-state index in [1.165, 1.54) is 20.3 Å². The Morgan fingerprint density at radius 1 is 1.28 bits per heavy atom. The van der Waals surface area contributed by atoms with Crippen LogP contribution in [0.5, 0.6) is 11.8 Å². The molecule has 0 atom stereocenters. The van der Waals surface area contributed by atoms with Gasteiger partial charge < -0.3 is 19.1 Å². The normalized spacial score (nSPS) is 15.3. The highest BCUT2D eigenvalue weighted by molar-refractivity contribution is 5.96. The van der Waals surface area contributed by atoms with Gasteiger partial charge in [0.15, 0.2) is 0 Å². The lowest BCUT2D eigenvalue weighted by Gasteiger charge is -2.27. The Morgan fingerprint density at radius 2 is 2.00 bits per heavy atom. The first kappa shape index (κ1) is 12.6. The van der Waals surface area contributed by atoms with Crippen LogP contribution in [-0.4, -0.2) is 61.5 Å². The summed E-state index contributed by atoms with van der Waals surface area (Å²) in [4.78, 5) is 14.0. The molecule has 0 aliphatic carbocycles. The molecule has 0 spiro atoms. The van der Waals surface area contributed by atoms with E-state index in [0.717, 1.165) is 0 Å². The highest BCUT2D eigenvalue weighted by Crippen LogP contribution is 2.20. The van der Waals surface area contributed by atoms with Crippen molar-refractivity contribution in [3.05, 3.63) is 11.6 Å². The lowest BCUT2D eigenvalue weighted by Crippen LogP contribution is -2.40. The topological polar surface area (TPSA) is 73.8 Å². The van der Waals surface area contributed by atoms with E-state index in [1.54, 1.807) is 4.90 Å². The minimum absolute atomic E-state index is 0.150. The number of nitrogens with zero attached hydrogens (tertiary/aromatic N) is 3. The van der Waals surface area contributed by atoms with Crippen LogP contribution < -0.4 is 9.47 Å². The molecular formula is C11H15N3O4. The number of ether oxygens (including phenoxy) is 3. The van der Waals surface area contributed by atoms with Crippen molar-refractivity contribution in [1.29, 1.82) is 0 Å². The predicted molar refractivity (Wildman–Crippen MR) is 61.9 cm³/mol. The van der Waals surface area contributed by atoms with Gasteiger partial charge in [0.2, 0.25) is 11.8 Å². The Hall–Kier alpha value is -1.89. The van der Waals surface area contributed by atoms with Crippen LogP contribution in [0.1, 0.15) is 10.4 Å². The summed E-state index contributed by atoms with van der Waals surface area (Å²) < 4.78 is 15.2. The molecule has 0 saturated carbocycles. The Balaban J connectivity index is 2.26. The monoisotopic (exact) mass is 253 g/mol. The average molecular weight is 253 g/mol. The second-order valence-corrected chi connectivity index (χ2v) is 3.71. The average Bonchev–Trinajstić information content (AvgIpc) is 2.46. The number of morpholine rings is 1. The van der Waals surface area contributed by atoms with Gasteiger partial charge in [-0.3, -0.25) is 4.79 Å². The quantitative estimate of drug-likeness (QED) is 0.753. The summed E-state index contributed by atoms with van der Waals surface area (Å²) in [6.07, 6.45) is 0. The molecule has 7 nitrogen and oxygen atoms in total. The van der Waals surface area contributed by atoms with E-state index in [1.807, 2.05) is 0 Å². The summed E-state index contributed by atoms with van der Waals surface area (Å²) in [5.74, 6) is 0.336. The van der Waals surface area contributed by atoms with Crippen LogP contribution in [-0.2, 0) is 4.74 Å². The molecule has 0 unspecified atom stereocenters. The summed E-state index contributed by atoms with van der Waals surface area (Å²) in [6, 6.07) is 1.53. The van der Waals surface area contributed by atoms with Crippen molar-refractivity contribution in [3.63, 3.8) is 0 Å². The van der Waals surface area contributed by atoms with Gasteiger partial charge >= 0.3 is 0 Å². The number of hydrogen-bond donors (Lipinski definition) is 0. The van der Waals surface area contributed by atoms with Crippen molar-refractivity contribution >= 4 is 5.91 Å². The van der Waals surface area contributed by atoms with E-state index in [4.69, 9.17) is 14.2 Å². The van der Waals surface area contributed by atoms with Crippen LogP contribution in [0.2, 0.25) is 0 Å². The van der Waals surface area contributed by atoms with E-state index >= 15 is 0 Å². The molecule has 1 fully saturated rings. The number of aromatic nitrogens is 2. The third-order valence-electron chi connectivity index (χ3n) is 2.67. The summed E-state index contributed by atoms with van der Waals surface area (Å²) in [7, 11) is 2.92. The van der Waals surface area contributed by atoms with Gasteiger partial charge in [-0.15, -0.1) is 10.2 Å². The van der Waals surface area contributed by atoms with E-state index in [-0.39, 0.29) is 17.7 Å². The molecule has 18 heavy (non-hydrogen) atoms. The number of rotatable bonds is 3. The molecule has 98 valence electrons. The molecule has 7 heteroatoms. The number of hydrogen-bond acceptors (Lipinski definition) is 6. The molecule has 0 aromatic carbocycles. The second kappa shape index (κ2) is 5.63. The first-order valence-corrected chi connectivity index (χ1v) is 5.59. The maximum Gasteiger partial charge on any atom is 0.259 e. The Kier molecular flexibility index (Phi) is 3.93. The molecule has 1 aromatic rings. The molecule has 0 radical (unpaired) electrons. The van der Waals surface area contributed by atoms with Gasteiger partial charge in [0, 0.05) is 19.2 Å². The Labute approximate surface area is 105 Å². The third kappa shape index (κ3) is 2.51. The number of carbonyl (C=O) groups is 1. The van der Waals surface area contributed by atoms with Gasteiger partial charge in [0.25, 0.3) is 5.91 Å². The summed E-state index contributed by atoms with van der Waals surface area (Å²) in [5, 5.41) is 7.57. The van der Waals surface area contributed by atoms with Gasteiger partial charge in [-0.05, 0) is 0 Å². The van der Waals surface area contributed by atoms with Crippen molar-refractivity contribution in [2.24, 2.45) is 0 Å². The van der Waals surface area contributed by atoms with Crippen molar-refractivity contribution < 1.29 is 19.0 Å². The van der Waals surface area contributed by atoms with Gasteiger partial charge in [-0.2, -0.15) is 0 Å². The first-order valence-electron chi connectivity index (χ1n) is 5.59. The molecule has 0 bridgehead atoms. The molecule has 1 aliphatic heterocycles. The molecule has 1 amide bonds. The predicted octanol–water partition coefficient (Wildman–Crippen LogP) is -0.0338. The fraction of sp³-hybridized carbons (Fsp3) is 0.545. The van der Waals surface area contributed by atoms with Crippen LogP contribution >= 0.6 is 0 Å². The third-order valence-corrected chi connectivity index (χ3v) is 2.67.